The zero-order valence-electron chi connectivity index (χ0n) is 14.6. The number of ether oxygens (including phenoxy) is 1. The van der Waals surface area contributed by atoms with E-state index in [1.165, 1.54) is 4.90 Å². The van der Waals surface area contributed by atoms with Gasteiger partial charge in [-0.3, -0.25) is 9.89 Å². The van der Waals surface area contributed by atoms with Crippen molar-refractivity contribution in [1.29, 1.82) is 0 Å². The molecular weight excluding hydrogens is 484 g/mol. The normalized spacial score (nSPS) is 18.4. The number of rotatable bonds is 5. The first-order chi connectivity index (χ1) is 11.8. The van der Waals surface area contributed by atoms with E-state index in [-0.39, 0.29) is 30.0 Å². The summed E-state index contributed by atoms with van der Waals surface area (Å²) < 4.78 is 42.6. The van der Waals surface area contributed by atoms with E-state index in [1.807, 2.05) is 6.07 Å². The molecule has 1 atom stereocenters. The standard InChI is InChI=1S/C16H22ClF3N4O.HI/c1-21-15(22-8-11-3-4-12(17)7-14(11)25-2)23-13-5-6-24(9-13)10-16(18,19)20;/h3-4,7,13H,5-6,8-10H2,1-2H3,(H2,21,22,23);1H. The molecular formula is C16H23ClF3IN4O. The second-order valence-corrected chi connectivity index (χ2v) is 6.30. The van der Waals surface area contributed by atoms with Crippen LogP contribution in [0.2, 0.25) is 5.02 Å². The van der Waals surface area contributed by atoms with Gasteiger partial charge in [-0.2, -0.15) is 13.2 Å². The molecule has 2 rings (SSSR count). The first-order valence-corrected chi connectivity index (χ1v) is 8.27. The Balaban J connectivity index is 0.00000338. The molecule has 0 spiro atoms. The summed E-state index contributed by atoms with van der Waals surface area (Å²) in [6, 6.07) is 5.27. The Morgan fingerprint density at radius 3 is 2.77 bits per heavy atom. The molecule has 0 aliphatic carbocycles. The van der Waals surface area contributed by atoms with Gasteiger partial charge in [0.15, 0.2) is 5.96 Å². The van der Waals surface area contributed by atoms with Crippen LogP contribution in [-0.2, 0) is 6.54 Å². The largest absolute Gasteiger partial charge is 0.496 e. The first-order valence-electron chi connectivity index (χ1n) is 7.89. The van der Waals surface area contributed by atoms with Crippen molar-refractivity contribution >= 4 is 41.5 Å². The Hall–Kier alpha value is -0.940. The molecule has 1 saturated heterocycles. The smallest absolute Gasteiger partial charge is 0.401 e. The van der Waals surface area contributed by atoms with E-state index >= 15 is 0 Å². The molecule has 1 aliphatic heterocycles. The lowest BCUT2D eigenvalue weighted by atomic mass is 10.2. The van der Waals surface area contributed by atoms with Gasteiger partial charge < -0.3 is 15.4 Å². The average molecular weight is 507 g/mol. The van der Waals surface area contributed by atoms with Crippen molar-refractivity contribution in [2.45, 2.75) is 25.2 Å². The van der Waals surface area contributed by atoms with E-state index in [9.17, 15) is 13.2 Å². The third kappa shape index (κ3) is 7.36. The molecule has 1 heterocycles. The molecule has 0 bridgehead atoms. The summed E-state index contributed by atoms with van der Waals surface area (Å²) in [5.41, 5.74) is 0.903. The highest BCUT2D eigenvalue weighted by molar-refractivity contribution is 14.0. The maximum atomic E-state index is 12.5. The van der Waals surface area contributed by atoms with Crippen molar-refractivity contribution < 1.29 is 17.9 Å². The molecule has 0 radical (unpaired) electrons. The van der Waals surface area contributed by atoms with Crippen molar-refractivity contribution in [3.63, 3.8) is 0 Å². The molecule has 0 amide bonds. The fourth-order valence-electron chi connectivity index (χ4n) is 2.78. The quantitative estimate of drug-likeness (QED) is 0.366. The van der Waals surface area contributed by atoms with Gasteiger partial charge in [0.05, 0.1) is 13.7 Å². The molecule has 26 heavy (non-hydrogen) atoms. The summed E-state index contributed by atoms with van der Waals surface area (Å²) in [6.07, 6.45) is -3.53. The van der Waals surface area contributed by atoms with Crippen molar-refractivity contribution in [3.05, 3.63) is 28.8 Å². The number of nitrogens with one attached hydrogen (secondary N) is 2. The number of guanidine groups is 1. The lowest BCUT2D eigenvalue weighted by Crippen LogP contribution is -2.44. The van der Waals surface area contributed by atoms with Crippen molar-refractivity contribution in [3.8, 4) is 5.75 Å². The second-order valence-electron chi connectivity index (χ2n) is 5.86. The number of likely N-dealkylation sites (tertiary alicyclic amines) is 1. The van der Waals surface area contributed by atoms with Crippen molar-refractivity contribution in [2.24, 2.45) is 4.99 Å². The summed E-state index contributed by atoms with van der Waals surface area (Å²) in [4.78, 5) is 5.52. The first kappa shape index (κ1) is 23.1. The number of halogens is 5. The molecule has 1 aromatic rings. The highest BCUT2D eigenvalue weighted by Crippen LogP contribution is 2.23. The number of hydrogen-bond donors (Lipinski definition) is 2. The van der Waals surface area contributed by atoms with Crippen LogP contribution in [0.15, 0.2) is 23.2 Å². The van der Waals surface area contributed by atoms with Gasteiger partial charge in [0.25, 0.3) is 0 Å². The van der Waals surface area contributed by atoms with Crippen molar-refractivity contribution in [2.75, 3.05) is 33.8 Å². The maximum Gasteiger partial charge on any atom is 0.401 e. The number of hydrogen-bond acceptors (Lipinski definition) is 3. The minimum atomic E-state index is -4.17. The molecule has 1 unspecified atom stereocenters. The van der Waals surface area contributed by atoms with Crippen LogP contribution in [0, 0.1) is 0 Å². The predicted molar refractivity (Wildman–Crippen MR) is 108 cm³/mol. The number of benzene rings is 1. The van der Waals surface area contributed by atoms with Gasteiger partial charge in [-0.05, 0) is 18.6 Å². The van der Waals surface area contributed by atoms with Crippen molar-refractivity contribution in [1.82, 2.24) is 15.5 Å². The Labute approximate surface area is 173 Å². The van der Waals surface area contributed by atoms with E-state index in [1.54, 1.807) is 26.3 Å². The second kappa shape index (κ2) is 10.4. The van der Waals surface area contributed by atoms with Crippen LogP contribution in [0.3, 0.4) is 0 Å². The number of alkyl halides is 3. The lowest BCUT2D eigenvalue weighted by Gasteiger charge is -2.20. The van der Waals surface area contributed by atoms with Crippen LogP contribution in [0.25, 0.3) is 0 Å². The molecule has 1 aromatic carbocycles. The number of methoxy groups -OCH3 is 1. The van der Waals surface area contributed by atoms with Gasteiger partial charge in [-0.1, -0.05) is 17.7 Å². The van der Waals surface area contributed by atoms with E-state index in [0.717, 1.165) is 5.56 Å². The van der Waals surface area contributed by atoms with Crippen LogP contribution in [0.1, 0.15) is 12.0 Å². The zero-order valence-corrected chi connectivity index (χ0v) is 17.7. The van der Waals surface area contributed by atoms with Crippen LogP contribution >= 0.6 is 35.6 Å². The highest BCUT2D eigenvalue weighted by Gasteiger charge is 2.34. The topological polar surface area (TPSA) is 48.9 Å². The molecule has 2 N–H and O–H groups in total. The van der Waals surface area contributed by atoms with E-state index in [0.29, 0.717) is 42.8 Å². The minimum Gasteiger partial charge on any atom is -0.496 e. The molecule has 1 fully saturated rings. The van der Waals surface area contributed by atoms with Gasteiger partial charge in [0.2, 0.25) is 0 Å². The third-order valence-corrected chi connectivity index (χ3v) is 4.17. The monoisotopic (exact) mass is 506 g/mol. The van der Waals surface area contributed by atoms with Crippen LogP contribution in [0.5, 0.6) is 5.75 Å². The van der Waals surface area contributed by atoms with E-state index in [4.69, 9.17) is 16.3 Å². The summed E-state index contributed by atoms with van der Waals surface area (Å²) in [5, 5.41) is 6.89. The summed E-state index contributed by atoms with van der Waals surface area (Å²) >= 11 is 5.94. The van der Waals surface area contributed by atoms with Crippen LogP contribution in [0.4, 0.5) is 13.2 Å². The summed E-state index contributed by atoms with van der Waals surface area (Å²) in [5.74, 6) is 1.20. The summed E-state index contributed by atoms with van der Waals surface area (Å²) in [6.45, 7) is 0.335. The Morgan fingerprint density at radius 2 is 2.15 bits per heavy atom. The molecule has 148 valence electrons. The average Bonchev–Trinajstić information content (AvgIpc) is 2.97. The van der Waals surface area contributed by atoms with Gasteiger partial charge >= 0.3 is 6.18 Å². The Kier molecular flexibility index (Phi) is 9.25. The van der Waals surface area contributed by atoms with Gasteiger partial charge in [0, 0.05) is 43.3 Å². The van der Waals surface area contributed by atoms with Crippen LogP contribution < -0.4 is 15.4 Å². The SMILES string of the molecule is CN=C(NCc1ccc(Cl)cc1OC)NC1CCN(CC(F)(F)F)C1.I. The number of nitrogens with zero attached hydrogens (tertiary/aromatic N) is 2. The Bertz CT molecular complexity index is 616. The highest BCUT2D eigenvalue weighted by atomic mass is 127. The van der Waals surface area contributed by atoms with Gasteiger partial charge in [0.1, 0.15) is 5.75 Å². The maximum absolute atomic E-state index is 12.5. The minimum absolute atomic E-state index is 0. The van der Waals surface area contributed by atoms with Crippen LogP contribution in [-0.4, -0.2) is 56.9 Å². The molecule has 1 aliphatic rings. The third-order valence-electron chi connectivity index (χ3n) is 3.94. The predicted octanol–water partition coefficient (Wildman–Crippen LogP) is 3.27. The van der Waals surface area contributed by atoms with E-state index < -0.39 is 12.7 Å². The fourth-order valence-corrected chi connectivity index (χ4v) is 2.94. The summed E-state index contributed by atoms with van der Waals surface area (Å²) in [7, 11) is 3.19. The Morgan fingerprint density at radius 1 is 1.42 bits per heavy atom. The molecule has 10 heteroatoms. The van der Waals surface area contributed by atoms with E-state index in [2.05, 4.69) is 15.6 Å². The number of aliphatic imine (C=N–C) groups is 1. The molecule has 0 aromatic heterocycles. The lowest BCUT2D eigenvalue weighted by molar-refractivity contribution is -0.143. The molecule has 0 saturated carbocycles. The fraction of sp³-hybridized carbons (Fsp3) is 0.562. The van der Waals surface area contributed by atoms with Gasteiger partial charge in [-0.25, -0.2) is 0 Å². The zero-order chi connectivity index (χ0) is 18.4. The van der Waals surface area contributed by atoms with Gasteiger partial charge in [-0.15, -0.1) is 24.0 Å². The molecule has 5 nitrogen and oxygen atoms in total.